The van der Waals surface area contributed by atoms with E-state index >= 15 is 0 Å². The van der Waals surface area contributed by atoms with Gasteiger partial charge >= 0.3 is 0 Å². The summed E-state index contributed by atoms with van der Waals surface area (Å²) in [6.07, 6.45) is 7.52. The molecular formula is C26H29BrN2O4. The van der Waals surface area contributed by atoms with E-state index in [2.05, 4.69) is 29.8 Å². The molecule has 0 spiro atoms. The van der Waals surface area contributed by atoms with Crippen molar-refractivity contribution in [3.05, 3.63) is 64.1 Å². The zero-order valence-corrected chi connectivity index (χ0v) is 20.8. The van der Waals surface area contributed by atoms with Crippen molar-refractivity contribution in [2.24, 2.45) is 0 Å². The van der Waals surface area contributed by atoms with E-state index in [1.54, 1.807) is 18.2 Å². The molecule has 0 saturated carbocycles. The van der Waals surface area contributed by atoms with E-state index < -0.39 is 22.2 Å². The predicted molar refractivity (Wildman–Crippen MR) is 138 cm³/mol. The molecule has 6 aromatic rings. The van der Waals surface area contributed by atoms with Crippen LogP contribution in [-0.4, -0.2) is 9.13 Å². The van der Waals surface area contributed by atoms with E-state index in [9.17, 15) is 19.2 Å². The second kappa shape index (κ2) is 9.75. The zero-order valence-electron chi connectivity index (χ0n) is 19.2. The maximum atomic E-state index is 13.5. The van der Waals surface area contributed by atoms with Crippen LogP contribution >= 0.6 is 15.9 Å². The first-order valence-corrected chi connectivity index (χ1v) is 12.7. The van der Waals surface area contributed by atoms with Gasteiger partial charge < -0.3 is 0 Å². The average Bonchev–Trinajstić information content (AvgIpc) is 3.06. The molecular weight excluding hydrogens is 484 g/mol. The van der Waals surface area contributed by atoms with Gasteiger partial charge in [0.15, 0.2) is 0 Å². The summed E-state index contributed by atoms with van der Waals surface area (Å²) in [6.45, 7) is 4.87. The third-order valence-electron chi connectivity index (χ3n) is 6.59. The van der Waals surface area contributed by atoms with Crippen molar-refractivity contribution in [2.45, 2.75) is 78.3 Å². The summed E-state index contributed by atoms with van der Waals surface area (Å²) >= 11 is 3.47. The van der Waals surface area contributed by atoms with Gasteiger partial charge in [0.05, 0.1) is 5.39 Å². The number of hydrogen-bond donors (Lipinski definition) is 0. The van der Waals surface area contributed by atoms with Crippen LogP contribution in [0.5, 0.6) is 0 Å². The monoisotopic (exact) mass is 512 g/mol. The standard InChI is InChI=1S/C26H29BrN2O4/c1-3-5-7-9-13-28-23(30)16-11-12-17(24(28)31)21-20(16)18-15-19(27)22(21)26(33)29(25(18)32)14-10-8-6-4-2/h11-12,15H,3-10,13-14H2,1-2H3. The van der Waals surface area contributed by atoms with Crippen LogP contribution in [0.15, 0.2) is 41.8 Å². The number of nitrogens with zero attached hydrogens (tertiary/aromatic N) is 2. The van der Waals surface area contributed by atoms with Gasteiger partial charge in [-0.3, -0.25) is 28.3 Å². The third-order valence-corrected chi connectivity index (χ3v) is 7.22. The Balaban J connectivity index is 2.06. The van der Waals surface area contributed by atoms with Crippen LogP contribution in [0.4, 0.5) is 0 Å². The third kappa shape index (κ3) is 4.01. The smallest absolute Gasteiger partial charge is 0.262 e. The molecule has 4 heterocycles. The summed E-state index contributed by atoms with van der Waals surface area (Å²) in [5, 5.41) is 2.05. The quantitative estimate of drug-likeness (QED) is 0.280. The Morgan fingerprint density at radius 3 is 1.64 bits per heavy atom. The lowest BCUT2D eigenvalue weighted by molar-refractivity contribution is 0.565. The lowest BCUT2D eigenvalue weighted by Crippen LogP contribution is -2.30. The Bertz CT molecular complexity index is 1540. The van der Waals surface area contributed by atoms with Gasteiger partial charge in [-0.15, -0.1) is 0 Å². The van der Waals surface area contributed by atoms with Crippen molar-refractivity contribution in [3.8, 4) is 0 Å². The van der Waals surface area contributed by atoms with E-state index in [4.69, 9.17) is 0 Å². The molecule has 0 aliphatic carbocycles. The number of fused-ring (bicyclic) bond motifs is 6. The van der Waals surface area contributed by atoms with E-state index in [1.165, 1.54) is 9.13 Å². The maximum Gasteiger partial charge on any atom is 0.262 e. The number of halogens is 1. The molecule has 0 N–H and O–H groups in total. The first-order chi connectivity index (χ1) is 15.9. The molecule has 4 aromatic heterocycles. The molecule has 0 aliphatic heterocycles. The topological polar surface area (TPSA) is 78.1 Å². The molecule has 2 aromatic carbocycles. The molecule has 4 bridgehead atoms. The van der Waals surface area contributed by atoms with Crippen LogP contribution in [0.1, 0.15) is 65.2 Å². The summed E-state index contributed by atoms with van der Waals surface area (Å²) in [6, 6.07) is 4.88. The van der Waals surface area contributed by atoms with Gasteiger partial charge in [0.25, 0.3) is 22.2 Å². The lowest BCUT2D eigenvalue weighted by atomic mass is 10.00. The van der Waals surface area contributed by atoms with E-state index in [0.717, 1.165) is 51.4 Å². The summed E-state index contributed by atoms with van der Waals surface area (Å²) < 4.78 is 3.04. The van der Waals surface area contributed by atoms with E-state index in [0.29, 0.717) is 49.9 Å². The molecule has 0 aliphatic rings. The molecule has 174 valence electrons. The minimum atomic E-state index is -0.414. The van der Waals surface area contributed by atoms with Gasteiger partial charge in [0.1, 0.15) is 0 Å². The number of benzene rings is 2. The second-order valence-electron chi connectivity index (χ2n) is 8.84. The van der Waals surface area contributed by atoms with Crippen molar-refractivity contribution in [1.29, 1.82) is 0 Å². The van der Waals surface area contributed by atoms with Crippen molar-refractivity contribution in [3.63, 3.8) is 0 Å². The highest BCUT2D eigenvalue weighted by atomic mass is 79.9. The second-order valence-corrected chi connectivity index (χ2v) is 9.69. The first-order valence-electron chi connectivity index (χ1n) is 11.9. The maximum absolute atomic E-state index is 13.5. The summed E-state index contributed by atoms with van der Waals surface area (Å²) in [5.41, 5.74) is -1.61. The van der Waals surface area contributed by atoms with Crippen LogP contribution in [-0.2, 0) is 13.1 Å². The molecule has 0 fully saturated rings. The van der Waals surface area contributed by atoms with Crippen molar-refractivity contribution in [2.75, 3.05) is 0 Å². The number of hydrogen-bond acceptors (Lipinski definition) is 4. The minimum absolute atomic E-state index is 0.293. The van der Waals surface area contributed by atoms with Crippen molar-refractivity contribution in [1.82, 2.24) is 9.13 Å². The SMILES string of the molecule is CCCCCCn1c(=O)c2ccc(c1=O)c1c3c(Br)cc(c(=O)n(CCCCCC)c3=O)c21. The van der Waals surface area contributed by atoms with Gasteiger partial charge in [-0.1, -0.05) is 52.4 Å². The molecule has 0 unspecified atom stereocenters. The van der Waals surface area contributed by atoms with Crippen LogP contribution in [0.2, 0.25) is 0 Å². The highest BCUT2D eigenvalue weighted by Gasteiger charge is 2.22. The van der Waals surface area contributed by atoms with Gasteiger partial charge in [-0.2, -0.15) is 0 Å². The highest BCUT2D eigenvalue weighted by molar-refractivity contribution is 9.10. The molecule has 33 heavy (non-hydrogen) atoms. The van der Waals surface area contributed by atoms with E-state index in [-0.39, 0.29) is 0 Å². The zero-order chi connectivity index (χ0) is 23.7. The fourth-order valence-electron chi connectivity index (χ4n) is 4.82. The molecule has 0 atom stereocenters. The first kappa shape index (κ1) is 23.6. The van der Waals surface area contributed by atoms with Gasteiger partial charge in [-0.25, -0.2) is 0 Å². The summed E-state index contributed by atoms with van der Waals surface area (Å²) in [4.78, 5) is 53.9. The predicted octanol–water partition coefficient (Wildman–Crippen LogP) is 4.99. The minimum Gasteiger partial charge on any atom is -0.274 e. The van der Waals surface area contributed by atoms with Crippen LogP contribution in [0, 0.1) is 0 Å². The van der Waals surface area contributed by atoms with Gasteiger partial charge in [0, 0.05) is 44.5 Å². The summed E-state index contributed by atoms with van der Waals surface area (Å²) in [7, 11) is 0. The molecule has 6 nitrogen and oxygen atoms in total. The molecule has 0 saturated heterocycles. The largest absolute Gasteiger partial charge is 0.274 e. The molecule has 0 radical (unpaired) electrons. The fourth-order valence-corrected chi connectivity index (χ4v) is 5.42. The number of unbranched alkanes of at least 4 members (excludes halogenated alkanes) is 6. The molecule has 0 amide bonds. The average molecular weight is 513 g/mol. The van der Waals surface area contributed by atoms with Crippen molar-refractivity contribution < 1.29 is 0 Å². The number of aromatic nitrogens is 2. The Labute approximate surface area is 199 Å². The highest BCUT2D eigenvalue weighted by Crippen LogP contribution is 2.33. The number of rotatable bonds is 10. The van der Waals surface area contributed by atoms with Crippen molar-refractivity contribution >= 4 is 48.2 Å². The van der Waals surface area contributed by atoms with E-state index in [1.807, 2.05) is 0 Å². The van der Waals surface area contributed by atoms with Gasteiger partial charge in [-0.05, 0) is 47.0 Å². The van der Waals surface area contributed by atoms with Crippen LogP contribution < -0.4 is 22.2 Å². The summed E-state index contributed by atoms with van der Waals surface area (Å²) in [5.74, 6) is 0. The Hall–Kier alpha value is -2.54. The van der Waals surface area contributed by atoms with Gasteiger partial charge in [0.2, 0.25) is 0 Å². The normalized spacial score (nSPS) is 12.0. The Morgan fingerprint density at radius 1 is 0.606 bits per heavy atom. The Morgan fingerprint density at radius 2 is 1.09 bits per heavy atom. The van der Waals surface area contributed by atoms with Crippen LogP contribution in [0.25, 0.3) is 32.3 Å². The molecule has 6 rings (SSSR count). The molecule has 7 heteroatoms. The fraction of sp³-hybridized carbons (Fsp3) is 0.462. The lowest BCUT2D eigenvalue weighted by Gasteiger charge is -2.03. The van der Waals surface area contributed by atoms with Crippen LogP contribution in [0.3, 0.4) is 0 Å². The Kier molecular flexibility index (Phi) is 6.98.